The van der Waals surface area contributed by atoms with E-state index in [0.717, 1.165) is 6.42 Å². The van der Waals surface area contributed by atoms with Crippen LogP contribution < -0.4 is 0 Å². The Morgan fingerprint density at radius 1 is 1.03 bits per heavy atom. The van der Waals surface area contributed by atoms with Gasteiger partial charge in [-0.2, -0.15) is 0 Å². The summed E-state index contributed by atoms with van der Waals surface area (Å²) >= 11 is 0. The first-order chi connectivity index (χ1) is 18.3. The van der Waals surface area contributed by atoms with Gasteiger partial charge in [-0.15, -0.1) is 0 Å². The van der Waals surface area contributed by atoms with Crippen molar-refractivity contribution in [1.29, 1.82) is 0 Å². The van der Waals surface area contributed by atoms with Gasteiger partial charge in [0.25, 0.3) is 0 Å². The Bertz CT molecular complexity index is 853. The molecule has 0 aromatic rings. The Kier molecular flexibility index (Phi) is 13.1. The standard InChI is InChI=1S/C32H54O7/c1-10-19(2)16-21(4)29(36)25(8)31-23(6)26(37-9)18-32(39-31)27(34)17-22(5)30(38-32)24(7)28(35)20(3)14-12-11-13-15-33/h10-15,20-31,34-36H,16-18H2,1-9H3. The molecule has 0 aliphatic carbocycles. The molecule has 2 fully saturated rings. The van der Waals surface area contributed by atoms with Gasteiger partial charge in [-0.05, 0) is 44.6 Å². The van der Waals surface area contributed by atoms with Crippen LogP contribution in [0.3, 0.4) is 0 Å². The van der Waals surface area contributed by atoms with Crippen LogP contribution in [0.4, 0.5) is 0 Å². The third kappa shape index (κ3) is 8.11. The van der Waals surface area contributed by atoms with Gasteiger partial charge in [0.1, 0.15) is 12.4 Å². The van der Waals surface area contributed by atoms with E-state index in [9.17, 15) is 20.1 Å². The van der Waals surface area contributed by atoms with Crippen molar-refractivity contribution in [3.8, 4) is 0 Å². The SMILES string of the molecule is CC=C(C)CC(C)C(O)C(C)C1OC2(CC(OC)C1C)OC(C(C)C(O)C(C)C=CC=CC=O)C(C)CC2O. The molecule has 0 aromatic heterocycles. The third-order valence-electron chi connectivity index (χ3n) is 9.32. The molecule has 0 radical (unpaired) electrons. The minimum absolute atomic E-state index is 0.00403. The van der Waals surface area contributed by atoms with Crippen molar-refractivity contribution in [2.45, 2.75) is 117 Å². The summed E-state index contributed by atoms with van der Waals surface area (Å²) in [5.41, 5.74) is 1.23. The molecule has 13 atom stereocenters. The number of carbonyl (C=O) groups excluding carboxylic acids is 1. The lowest BCUT2D eigenvalue weighted by atomic mass is 9.74. The van der Waals surface area contributed by atoms with E-state index >= 15 is 0 Å². The summed E-state index contributed by atoms with van der Waals surface area (Å²) in [5, 5.41) is 33.9. The molecule has 7 nitrogen and oxygen atoms in total. The minimum atomic E-state index is -1.29. The van der Waals surface area contributed by atoms with Crippen LogP contribution in [0.15, 0.2) is 36.0 Å². The van der Waals surface area contributed by atoms with Gasteiger partial charge < -0.3 is 29.5 Å². The summed E-state index contributed by atoms with van der Waals surface area (Å²) in [5.74, 6) is -1.88. The van der Waals surface area contributed by atoms with Gasteiger partial charge in [-0.3, -0.25) is 4.79 Å². The number of ether oxygens (including phenoxy) is 3. The average molecular weight is 551 g/mol. The highest BCUT2D eigenvalue weighted by Gasteiger charge is 2.57. The molecule has 7 heteroatoms. The van der Waals surface area contributed by atoms with Crippen molar-refractivity contribution in [3.05, 3.63) is 36.0 Å². The van der Waals surface area contributed by atoms with Gasteiger partial charge in [-0.25, -0.2) is 0 Å². The Balaban J connectivity index is 2.30. The van der Waals surface area contributed by atoms with Crippen molar-refractivity contribution in [1.82, 2.24) is 0 Å². The second-order valence-electron chi connectivity index (χ2n) is 12.3. The van der Waals surface area contributed by atoms with E-state index in [0.29, 0.717) is 19.1 Å². The molecule has 0 amide bonds. The monoisotopic (exact) mass is 550 g/mol. The highest BCUT2D eigenvalue weighted by Crippen LogP contribution is 2.47. The molecule has 1 spiro atoms. The lowest BCUT2D eigenvalue weighted by Crippen LogP contribution is -2.65. The number of rotatable bonds is 12. The lowest BCUT2D eigenvalue weighted by molar-refractivity contribution is -0.391. The first kappa shape index (κ1) is 33.9. The van der Waals surface area contributed by atoms with Crippen LogP contribution in [0.5, 0.6) is 0 Å². The van der Waals surface area contributed by atoms with Crippen molar-refractivity contribution >= 4 is 6.29 Å². The van der Waals surface area contributed by atoms with Gasteiger partial charge in [0.2, 0.25) is 0 Å². The van der Waals surface area contributed by atoms with E-state index < -0.39 is 24.1 Å². The molecule has 13 unspecified atom stereocenters. The number of carbonyl (C=O) groups is 1. The van der Waals surface area contributed by atoms with Crippen LogP contribution >= 0.6 is 0 Å². The van der Waals surface area contributed by atoms with Crippen molar-refractivity contribution in [3.63, 3.8) is 0 Å². The van der Waals surface area contributed by atoms with Crippen molar-refractivity contribution in [2.24, 2.45) is 35.5 Å². The second kappa shape index (κ2) is 15.0. The predicted molar refractivity (Wildman–Crippen MR) is 154 cm³/mol. The summed E-state index contributed by atoms with van der Waals surface area (Å²) in [6.45, 7) is 16.2. The molecule has 0 bridgehead atoms. The summed E-state index contributed by atoms with van der Waals surface area (Å²) in [6, 6.07) is 0. The van der Waals surface area contributed by atoms with E-state index in [1.807, 2.05) is 40.7 Å². The lowest BCUT2D eigenvalue weighted by Gasteiger charge is -2.56. The molecule has 39 heavy (non-hydrogen) atoms. The molecule has 2 aliphatic rings. The molecule has 2 saturated heterocycles. The Morgan fingerprint density at radius 2 is 1.64 bits per heavy atom. The summed E-state index contributed by atoms with van der Waals surface area (Å²) in [6.07, 6.45) is 7.99. The van der Waals surface area contributed by atoms with Crippen LogP contribution in [0.2, 0.25) is 0 Å². The molecule has 0 saturated carbocycles. The average Bonchev–Trinajstić information content (AvgIpc) is 2.92. The second-order valence-corrected chi connectivity index (χ2v) is 12.3. The number of aliphatic hydroxyl groups excluding tert-OH is 3. The van der Waals surface area contributed by atoms with Gasteiger partial charge in [0, 0.05) is 37.2 Å². The quantitative estimate of drug-likeness (QED) is 0.138. The van der Waals surface area contributed by atoms with Crippen LogP contribution in [0, 0.1) is 35.5 Å². The number of allylic oxidation sites excluding steroid dienone is 5. The van der Waals surface area contributed by atoms with Crippen LogP contribution in [-0.4, -0.2) is 71.1 Å². The molecule has 224 valence electrons. The maximum absolute atomic E-state index is 11.4. The number of aldehydes is 1. The fourth-order valence-electron chi connectivity index (χ4n) is 6.55. The Hall–Kier alpha value is -1.35. The van der Waals surface area contributed by atoms with Gasteiger partial charge in [-0.1, -0.05) is 71.4 Å². The van der Waals surface area contributed by atoms with Crippen LogP contribution in [-0.2, 0) is 19.0 Å². The minimum Gasteiger partial charge on any atom is -0.392 e. The number of methoxy groups -OCH3 is 1. The third-order valence-corrected chi connectivity index (χ3v) is 9.32. The van der Waals surface area contributed by atoms with E-state index in [2.05, 4.69) is 26.8 Å². The summed E-state index contributed by atoms with van der Waals surface area (Å²) in [4.78, 5) is 10.5. The van der Waals surface area contributed by atoms with Crippen LogP contribution in [0.1, 0.15) is 74.7 Å². The molecular weight excluding hydrogens is 496 g/mol. The van der Waals surface area contributed by atoms with Gasteiger partial charge in [0.05, 0.1) is 30.5 Å². The highest BCUT2D eigenvalue weighted by molar-refractivity contribution is 5.65. The zero-order valence-corrected chi connectivity index (χ0v) is 25.5. The predicted octanol–water partition coefficient (Wildman–Crippen LogP) is 4.84. The molecule has 2 heterocycles. The molecule has 2 aliphatic heterocycles. The first-order valence-electron chi connectivity index (χ1n) is 14.7. The van der Waals surface area contributed by atoms with Crippen LogP contribution in [0.25, 0.3) is 0 Å². The summed E-state index contributed by atoms with van der Waals surface area (Å²) in [7, 11) is 1.67. The summed E-state index contributed by atoms with van der Waals surface area (Å²) < 4.78 is 19.3. The maximum atomic E-state index is 11.4. The maximum Gasteiger partial charge on any atom is 0.197 e. The largest absolute Gasteiger partial charge is 0.392 e. The fraction of sp³-hybridized carbons (Fsp3) is 0.781. The van der Waals surface area contributed by atoms with E-state index in [4.69, 9.17) is 14.2 Å². The molecular formula is C32H54O7. The molecule has 0 aromatic carbocycles. The normalized spacial score (nSPS) is 37.1. The number of hydrogen-bond acceptors (Lipinski definition) is 7. The topological polar surface area (TPSA) is 105 Å². The molecule has 2 rings (SSSR count). The van der Waals surface area contributed by atoms with E-state index in [1.54, 1.807) is 19.3 Å². The smallest absolute Gasteiger partial charge is 0.197 e. The fourth-order valence-corrected chi connectivity index (χ4v) is 6.55. The molecule has 3 N–H and O–H groups in total. The number of hydrogen-bond donors (Lipinski definition) is 3. The zero-order chi connectivity index (χ0) is 29.5. The highest BCUT2D eigenvalue weighted by atomic mass is 16.7. The Labute approximate surface area is 236 Å². The Morgan fingerprint density at radius 3 is 2.23 bits per heavy atom. The van der Waals surface area contributed by atoms with Gasteiger partial charge in [0.15, 0.2) is 5.79 Å². The first-order valence-corrected chi connectivity index (χ1v) is 14.7. The number of aliphatic hydroxyl groups is 3. The van der Waals surface area contributed by atoms with Crippen molar-refractivity contribution in [2.75, 3.05) is 7.11 Å². The zero-order valence-electron chi connectivity index (χ0n) is 25.5. The van der Waals surface area contributed by atoms with E-state index in [-0.39, 0.29) is 53.8 Å². The van der Waals surface area contributed by atoms with Crippen molar-refractivity contribution < 1.29 is 34.3 Å². The van der Waals surface area contributed by atoms with E-state index in [1.165, 1.54) is 11.6 Å². The van der Waals surface area contributed by atoms with Gasteiger partial charge >= 0.3 is 0 Å².